The number of anilines is 1. The molecule has 3 aliphatic heterocycles. The maximum Gasteiger partial charge on any atom is 0.282 e. The van der Waals surface area contributed by atoms with Crippen LogP contribution in [0.2, 0.25) is 0 Å². The van der Waals surface area contributed by atoms with Crippen molar-refractivity contribution in [2.75, 3.05) is 44.2 Å². The Kier molecular flexibility index (Phi) is 8.13. The molecule has 0 bridgehead atoms. The zero-order chi connectivity index (χ0) is 33.9. The summed E-state index contributed by atoms with van der Waals surface area (Å²) in [6.07, 6.45) is 5.22. The zero-order valence-electron chi connectivity index (χ0n) is 27.7. The second-order valence-electron chi connectivity index (χ2n) is 14.8. The van der Waals surface area contributed by atoms with Gasteiger partial charge in [-0.3, -0.25) is 14.7 Å². The van der Waals surface area contributed by atoms with Gasteiger partial charge in [0.15, 0.2) is 5.82 Å². The summed E-state index contributed by atoms with van der Waals surface area (Å²) in [6, 6.07) is 4.58. The first-order valence-electron chi connectivity index (χ1n) is 17.2. The van der Waals surface area contributed by atoms with Gasteiger partial charge in [-0.25, -0.2) is 18.2 Å². The number of aromatic nitrogens is 4. The SMILES string of the molecule is CC(C)N(C(=O)c1cc(F)ccc1Oc1nncnc1N1CC2(CC(Oc3ccnc4c3CN(CC3CNC3)CC4)C2)C1)C1CC(F)(F)C1. The number of ether oxygens (including phenoxy) is 2. The standard InChI is InChI=1S/C35H41F3N8O3/c1-21(2)46(24-10-35(37,38)11-24)33(47)26-9-23(36)3-4-29(26)49-32-31(41-20-42-43-32)45-18-34(19-45)12-25(13-34)48-30-5-7-40-28-6-8-44(17-27(28)30)16-22-14-39-15-22/h3-5,7,9,20-22,24-25,39H,6,8,10-19H2,1-2H3. The van der Waals surface area contributed by atoms with Crippen LogP contribution in [-0.2, 0) is 13.0 Å². The van der Waals surface area contributed by atoms with E-state index < -0.39 is 36.5 Å². The smallest absolute Gasteiger partial charge is 0.282 e. The van der Waals surface area contributed by atoms with Crippen molar-refractivity contribution in [2.24, 2.45) is 11.3 Å². The Hall–Kier alpha value is -4.04. The predicted molar refractivity (Wildman–Crippen MR) is 173 cm³/mol. The van der Waals surface area contributed by atoms with Crippen molar-refractivity contribution < 1.29 is 27.4 Å². The first-order valence-corrected chi connectivity index (χ1v) is 17.2. The number of nitrogens with zero attached hydrogens (tertiary/aromatic N) is 7. The number of fused-ring (bicyclic) bond motifs is 1. The van der Waals surface area contributed by atoms with Gasteiger partial charge in [0.05, 0.1) is 5.56 Å². The summed E-state index contributed by atoms with van der Waals surface area (Å²) < 4.78 is 54.6. The van der Waals surface area contributed by atoms with Gasteiger partial charge in [-0.1, -0.05) is 0 Å². The molecule has 49 heavy (non-hydrogen) atoms. The Bertz CT molecular complexity index is 1720. The summed E-state index contributed by atoms with van der Waals surface area (Å²) in [7, 11) is 0. The van der Waals surface area contributed by atoms with Crippen molar-refractivity contribution in [2.45, 2.75) is 76.6 Å². The van der Waals surface area contributed by atoms with Crippen LogP contribution in [0.1, 0.15) is 61.1 Å². The first kappa shape index (κ1) is 32.2. The number of carbonyl (C=O) groups is 1. The molecule has 2 aliphatic carbocycles. The van der Waals surface area contributed by atoms with E-state index in [1.54, 1.807) is 13.8 Å². The molecule has 5 heterocycles. The molecule has 1 aromatic carbocycles. The van der Waals surface area contributed by atoms with Crippen LogP contribution in [0, 0.1) is 17.2 Å². The Morgan fingerprint density at radius 2 is 1.90 bits per heavy atom. The topological polar surface area (TPSA) is 109 Å². The van der Waals surface area contributed by atoms with Gasteiger partial charge in [-0.05, 0) is 56.9 Å². The van der Waals surface area contributed by atoms with Crippen molar-refractivity contribution in [1.82, 2.24) is 35.3 Å². The van der Waals surface area contributed by atoms with E-state index in [0.717, 1.165) is 88.5 Å². The van der Waals surface area contributed by atoms with Gasteiger partial charge in [-0.2, -0.15) is 0 Å². The third-order valence-corrected chi connectivity index (χ3v) is 10.7. The summed E-state index contributed by atoms with van der Waals surface area (Å²) in [5, 5.41) is 11.4. The number of rotatable bonds is 10. The molecule has 11 nitrogen and oxygen atoms in total. The second-order valence-corrected chi connectivity index (χ2v) is 14.8. The minimum absolute atomic E-state index is 0.0580. The minimum atomic E-state index is -2.81. The molecule has 2 saturated heterocycles. The van der Waals surface area contributed by atoms with Gasteiger partial charge in [0.1, 0.15) is 29.7 Å². The molecule has 0 radical (unpaired) electrons. The van der Waals surface area contributed by atoms with Gasteiger partial charge >= 0.3 is 0 Å². The van der Waals surface area contributed by atoms with E-state index in [1.807, 2.05) is 12.3 Å². The Morgan fingerprint density at radius 1 is 1.10 bits per heavy atom. The van der Waals surface area contributed by atoms with Gasteiger partial charge in [0.2, 0.25) is 0 Å². The molecular formula is C35H41F3N8O3. The summed E-state index contributed by atoms with van der Waals surface area (Å²) in [5.74, 6) is -1.75. The normalized spacial score (nSPS) is 21.7. The van der Waals surface area contributed by atoms with Crippen molar-refractivity contribution in [1.29, 1.82) is 0 Å². The fraction of sp³-hybridized carbons (Fsp3) is 0.571. The molecule has 260 valence electrons. The number of carbonyl (C=O) groups excluding carboxylic acids is 1. The molecule has 14 heteroatoms. The van der Waals surface area contributed by atoms with Crippen molar-refractivity contribution in [3.8, 4) is 17.4 Å². The van der Waals surface area contributed by atoms with Gasteiger partial charge in [0, 0.05) is 100 Å². The van der Waals surface area contributed by atoms with Crippen LogP contribution in [-0.4, -0.2) is 99.3 Å². The second kappa shape index (κ2) is 12.4. The quantitative estimate of drug-likeness (QED) is 0.330. The average molecular weight is 679 g/mol. The van der Waals surface area contributed by atoms with Crippen LogP contribution < -0.4 is 19.7 Å². The van der Waals surface area contributed by atoms with E-state index in [2.05, 4.69) is 35.3 Å². The van der Waals surface area contributed by atoms with E-state index in [-0.39, 0.29) is 34.8 Å². The third kappa shape index (κ3) is 6.29. The van der Waals surface area contributed by atoms with E-state index in [0.29, 0.717) is 5.82 Å². The lowest BCUT2D eigenvalue weighted by atomic mass is 9.61. The summed E-state index contributed by atoms with van der Waals surface area (Å²) in [4.78, 5) is 28.7. The molecule has 5 aliphatic rings. The van der Waals surface area contributed by atoms with Crippen LogP contribution >= 0.6 is 0 Å². The number of benzene rings is 1. The number of hydrogen-bond acceptors (Lipinski definition) is 10. The molecular weight excluding hydrogens is 637 g/mol. The highest BCUT2D eigenvalue weighted by Crippen LogP contribution is 2.52. The van der Waals surface area contributed by atoms with Crippen LogP contribution in [0.3, 0.4) is 0 Å². The monoisotopic (exact) mass is 678 g/mol. The lowest BCUT2D eigenvalue weighted by Gasteiger charge is -2.58. The number of hydrogen-bond donors (Lipinski definition) is 1. The fourth-order valence-electron chi connectivity index (χ4n) is 8.11. The highest BCUT2D eigenvalue weighted by molar-refractivity contribution is 5.97. The molecule has 3 aromatic rings. The number of pyridine rings is 1. The minimum Gasteiger partial charge on any atom is -0.490 e. The van der Waals surface area contributed by atoms with Gasteiger partial charge in [0.25, 0.3) is 17.7 Å². The van der Waals surface area contributed by atoms with Crippen LogP contribution in [0.4, 0.5) is 19.0 Å². The molecule has 0 atom stereocenters. The lowest BCUT2D eigenvalue weighted by molar-refractivity contribution is -0.120. The van der Waals surface area contributed by atoms with E-state index in [1.165, 1.54) is 28.9 Å². The first-order chi connectivity index (χ1) is 23.5. The largest absolute Gasteiger partial charge is 0.490 e. The third-order valence-electron chi connectivity index (χ3n) is 10.7. The summed E-state index contributed by atoms with van der Waals surface area (Å²) >= 11 is 0. The number of amides is 1. The zero-order valence-corrected chi connectivity index (χ0v) is 27.7. The molecule has 4 fully saturated rings. The molecule has 1 spiro atoms. The van der Waals surface area contributed by atoms with Crippen molar-refractivity contribution >= 4 is 11.7 Å². The molecule has 0 unspecified atom stereocenters. The van der Waals surface area contributed by atoms with E-state index >= 15 is 0 Å². The molecule has 2 aromatic heterocycles. The van der Waals surface area contributed by atoms with E-state index in [9.17, 15) is 18.0 Å². The Morgan fingerprint density at radius 3 is 2.61 bits per heavy atom. The van der Waals surface area contributed by atoms with Crippen molar-refractivity contribution in [3.05, 3.63) is 59.4 Å². The van der Waals surface area contributed by atoms with Crippen molar-refractivity contribution in [3.63, 3.8) is 0 Å². The Balaban J connectivity index is 0.916. The molecule has 1 N–H and O–H groups in total. The summed E-state index contributed by atoms with van der Waals surface area (Å²) in [6.45, 7) is 10.2. The highest BCUT2D eigenvalue weighted by atomic mass is 19.3. The van der Waals surface area contributed by atoms with Crippen LogP contribution in [0.15, 0.2) is 36.8 Å². The highest BCUT2D eigenvalue weighted by Gasteiger charge is 2.55. The maximum atomic E-state index is 14.5. The van der Waals surface area contributed by atoms with E-state index in [4.69, 9.17) is 9.47 Å². The fourth-order valence-corrected chi connectivity index (χ4v) is 8.11. The number of halogens is 3. The van der Waals surface area contributed by atoms with Crippen LogP contribution in [0.5, 0.6) is 17.4 Å². The predicted octanol–water partition coefficient (Wildman–Crippen LogP) is 4.47. The van der Waals surface area contributed by atoms with Gasteiger partial charge in [-0.15, -0.1) is 10.2 Å². The summed E-state index contributed by atoms with van der Waals surface area (Å²) in [5.41, 5.74) is 2.37. The number of alkyl halides is 2. The molecule has 1 amide bonds. The molecule has 8 rings (SSSR count). The lowest BCUT2D eigenvalue weighted by Crippen LogP contribution is -2.65. The maximum absolute atomic E-state index is 14.5. The Labute approximate surface area is 283 Å². The van der Waals surface area contributed by atoms with Crippen LogP contribution in [0.25, 0.3) is 0 Å². The molecule has 2 saturated carbocycles. The van der Waals surface area contributed by atoms with Gasteiger partial charge < -0.3 is 24.6 Å². The average Bonchev–Trinajstić information content (AvgIpc) is 3.00. The number of nitrogens with one attached hydrogen (secondary N) is 1.